The van der Waals surface area contributed by atoms with Crippen LogP contribution in [0.2, 0.25) is 0 Å². The van der Waals surface area contributed by atoms with Crippen LogP contribution in [0, 0.1) is 0 Å². The van der Waals surface area contributed by atoms with Gasteiger partial charge in [0.05, 0.1) is 0 Å². The largest absolute Gasteiger partial charge is 0.347 e. The Morgan fingerprint density at radius 2 is 1.27 bits per heavy atom. The number of imide groups is 6. The van der Waals surface area contributed by atoms with Crippen LogP contribution < -0.4 is 0 Å². The van der Waals surface area contributed by atoms with Crippen LogP contribution in [-0.2, 0) is 19.2 Å². The van der Waals surface area contributed by atoms with E-state index in [9.17, 15) is 24.0 Å². The van der Waals surface area contributed by atoms with Gasteiger partial charge in [0, 0.05) is 13.8 Å². The fourth-order valence-electron chi connectivity index (χ4n) is 1.22. The number of rotatable bonds is 0. The normalized spacial score (nSPS) is 17.1. The molecule has 0 aromatic carbocycles. The minimum atomic E-state index is -1.20. The van der Waals surface area contributed by atoms with Crippen LogP contribution in [0.5, 0.6) is 0 Å². The van der Waals surface area contributed by atoms with Crippen molar-refractivity contribution >= 4 is 29.7 Å². The van der Waals surface area contributed by atoms with E-state index in [0.717, 1.165) is 13.8 Å². The van der Waals surface area contributed by atoms with Crippen molar-refractivity contribution in [3.8, 4) is 0 Å². The number of hydrogen-bond donors (Lipinski definition) is 0. The lowest BCUT2D eigenvalue weighted by Gasteiger charge is -2.28. The summed E-state index contributed by atoms with van der Waals surface area (Å²) in [5.41, 5.74) is 0. The summed E-state index contributed by atoms with van der Waals surface area (Å²) in [7, 11) is 0. The standard InChI is InChI=1S/C8H8N2O5/c1-4(11)9-6(13)3-7(14)10(5(2)12)8(9)15/h3H2,1-2H3. The molecule has 1 aliphatic rings. The Hall–Kier alpha value is -2.05. The third-order valence-electron chi connectivity index (χ3n) is 1.81. The van der Waals surface area contributed by atoms with Gasteiger partial charge in [-0.3, -0.25) is 19.2 Å². The molecule has 1 fully saturated rings. The average Bonchev–Trinajstić information content (AvgIpc) is 1.99. The minimum absolute atomic E-state index is 0.281. The quantitative estimate of drug-likeness (QED) is 0.493. The zero-order chi connectivity index (χ0) is 11.7. The number of barbiturate groups is 1. The second-order valence-corrected chi connectivity index (χ2v) is 2.96. The molecule has 7 nitrogen and oxygen atoms in total. The molecule has 7 heteroatoms. The van der Waals surface area contributed by atoms with Crippen molar-refractivity contribution in [1.82, 2.24) is 9.80 Å². The van der Waals surface area contributed by atoms with Crippen LogP contribution in [0.3, 0.4) is 0 Å². The van der Waals surface area contributed by atoms with E-state index in [2.05, 4.69) is 0 Å². The number of carbonyl (C=O) groups excluding carboxylic acids is 5. The first-order chi connectivity index (χ1) is 6.86. The Morgan fingerprint density at radius 3 is 1.53 bits per heavy atom. The van der Waals surface area contributed by atoms with Crippen LogP contribution in [0.1, 0.15) is 20.3 Å². The average molecular weight is 212 g/mol. The van der Waals surface area contributed by atoms with Crippen molar-refractivity contribution in [2.45, 2.75) is 20.3 Å². The Labute approximate surface area is 84.6 Å². The molecule has 1 aliphatic heterocycles. The monoisotopic (exact) mass is 212 g/mol. The highest BCUT2D eigenvalue weighted by Gasteiger charge is 2.42. The van der Waals surface area contributed by atoms with Crippen LogP contribution >= 0.6 is 0 Å². The maximum atomic E-state index is 11.4. The predicted octanol–water partition coefficient (Wildman–Crippen LogP) is -0.740. The van der Waals surface area contributed by atoms with Gasteiger partial charge in [-0.1, -0.05) is 0 Å². The van der Waals surface area contributed by atoms with E-state index in [0.29, 0.717) is 0 Å². The van der Waals surface area contributed by atoms with Gasteiger partial charge in [0.15, 0.2) is 0 Å². The Kier molecular flexibility index (Phi) is 2.65. The lowest BCUT2D eigenvalue weighted by molar-refractivity contribution is -0.150. The first-order valence-electron chi connectivity index (χ1n) is 4.07. The lowest BCUT2D eigenvalue weighted by atomic mass is 10.2. The third-order valence-corrected chi connectivity index (χ3v) is 1.81. The van der Waals surface area contributed by atoms with Gasteiger partial charge in [-0.15, -0.1) is 0 Å². The van der Waals surface area contributed by atoms with Crippen LogP contribution in [0.25, 0.3) is 0 Å². The molecule has 0 bridgehead atoms. The summed E-state index contributed by atoms with van der Waals surface area (Å²) in [6, 6.07) is -1.20. The highest BCUT2D eigenvalue weighted by Crippen LogP contribution is 2.12. The summed E-state index contributed by atoms with van der Waals surface area (Å²) in [6.07, 6.45) is -0.648. The van der Waals surface area contributed by atoms with Crippen molar-refractivity contribution in [2.24, 2.45) is 0 Å². The minimum Gasteiger partial charge on any atom is -0.274 e. The zero-order valence-corrected chi connectivity index (χ0v) is 8.14. The smallest absolute Gasteiger partial charge is 0.274 e. The summed E-state index contributed by atoms with van der Waals surface area (Å²) < 4.78 is 0. The topological polar surface area (TPSA) is 91.8 Å². The molecule has 0 radical (unpaired) electrons. The van der Waals surface area contributed by atoms with Gasteiger partial charge >= 0.3 is 6.03 Å². The first-order valence-corrected chi connectivity index (χ1v) is 4.07. The van der Waals surface area contributed by atoms with Crippen molar-refractivity contribution in [3.05, 3.63) is 0 Å². The van der Waals surface area contributed by atoms with Gasteiger partial charge in [0.25, 0.3) is 0 Å². The number of amides is 6. The lowest BCUT2D eigenvalue weighted by Crippen LogP contribution is -2.57. The SMILES string of the molecule is CC(=O)N1C(=O)CC(=O)N(C(C)=O)C1=O. The maximum absolute atomic E-state index is 11.4. The summed E-state index contributed by atoms with van der Waals surface area (Å²) >= 11 is 0. The molecule has 15 heavy (non-hydrogen) atoms. The molecule has 0 saturated carbocycles. The summed E-state index contributed by atoms with van der Waals surface area (Å²) in [6.45, 7) is 2.01. The summed E-state index contributed by atoms with van der Waals surface area (Å²) in [5, 5.41) is 0. The highest BCUT2D eigenvalue weighted by atomic mass is 16.2. The van der Waals surface area contributed by atoms with Crippen LogP contribution in [0.15, 0.2) is 0 Å². The van der Waals surface area contributed by atoms with E-state index >= 15 is 0 Å². The Morgan fingerprint density at radius 1 is 0.933 bits per heavy atom. The van der Waals surface area contributed by atoms with Crippen molar-refractivity contribution < 1.29 is 24.0 Å². The van der Waals surface area contributed by atoms with Gasteiger partial charge in [-0.25, -0.2) is 4.79 Å². The maximum Gasteiger partial charge on any atom is 0.347 e. The molecule has 1 saturated heterocycles. The molecule has 1 heterocycles. The first kappa shape index (κ1) is 11.0. The van der Waals surface area contributed by atoms with Gasteiger partial charge in [-0.2, -0.15) is 9.80 Å². The Balaban J connectivity index is 3.10. The van der Waals surface area contributed by atoms with Gasteiger partial charge in [0.2, 0.25) is 23.6 Å². The Bertz CT molecular complexity index is 352. The molecule has 0 N–H and O–H groups in total. The molecule has 0 unspecified atom stereocenters. The highest BCUT2D eigenvalue weighted by molar-refractivity contribution is 6.26. The molecule has 0 spiro atoms. The molecular weight excluding hydrogens is 204 g/mol. The second kappa shape index (κ2) is 3.60. The number of nitrogens with zero attached hydrogens (tertiary/aromatic N) is 2. The summed E-state index contributed by atoms with van der Waals surface area (Å²) in [5.74, 6) is -3.45. The zero-order valence-electron chi connectivity index (χ0n) is 8.14. The van der Waals surface area contributed by atoms with E-state index in [4.69, 9.17) is 0 Å². The predicted molar refractivity (Wildman–Crippen MR) is 45.1 cm³/mol. The van der Waals surface area contributed by atoms with Crippen LogP contribution in [0.4, 0.5) is 4.79 Å². The van der Waals surface area contributed by atoms with Gasteiger partial charge < -0.3 is 0 Å². The number of urea groups is 1. The van der Waals surface area contributed by atoms with Crippen molar-refractivity contribution in [3.63, 3.8) is 0 Å². The van der Waals surface area contributed by atoms with Crippen LogP contribution in [-0.4, -0.2) is 39.5 Å². The van der Waals surface area contributed by atoms with E-state index in [-0.39, 0.29) is 9.80 Å². The molecule has 0 aromatic heterocycles. The van der Waals surface area contributed by atoms with E-state index in [1.165, 1.54) is 0 Å². The molecule has 0 aliphatic carbocycles. The second-order valence-electron chi connectivity index (χ2n) is 2.96. The fourth-order valence-corrected chi connectivity index (χ4v) is 1.22. The molecule has 1 rings (SSSR count). The molecular formula is C8H8N2O5. The van der Waals surface area contributed by atoms with E-state index in [1.807, 2.05) is 0 Å². The molecule has 6 amide bonds. The molecule has 0 atom stereocenters. The number of carbonyl (C=O) groups is 5. The van der Waals surface area contributed by atoms with Gasteiger partial charge in [0.1, 0.15) is 6.42 Å². The third kappa shape index (κ3) is 1.76. The van der Waals surface area contributed by atoms with E-state index in [1.54, 1.807) is 0 Å². The van der Waals surface area contributed by atoms with Crippen molar-refractivity contribution in [2.75, 3.05) is 0 Å². The van der Waals surface area contributed by atoms with E-state index < -0.39 is 36.1 Å². The van der Waals surface area contributed by atoms with Gasteiger partial charge in [-0.05, 0) is 0 Å². The molecule has 0 aromatic rings. The summed E-state index contributed by atoms with van der Waals surface area (Å²) in [4.78, 5) is 56.1. The molecule has 80 valence electrons. The van der Waals surface area contributed by atoms with Crippen molar-refractivity contribution in [1.29, 1.82) is 0 Å². The fraction of sp³-hybridized carbons (Fsp3) is 0.375. The number of hydrogen-bond acceptors (Lipinski definition) is 5.